The highest BCUT2D eigenvalue weighted by molar-refractivity contribution is 7.98. The first-order valence-electron chi connectivity index (χ1n) is 5.93. The van der Waals surface area contributed by atoms with Crippen molar-refractivity contribution in [3.05, 3.63) is 29.3 Å². The first-order chi connectivity index (χ1) is 8.78. The lowest BCUT2D eigenvalue weighted by Crippen LogP contribution is -2.14. The Morgan fingerprint density at radius 1 is 1.28 bits per heavy atom. The lowest BCUT2D eigenvalue weighted by Gasteiger charge is -2.08. The summed E-state index contributed by atoms with van der Waals surface area (Å²) in [6, 6.07) is 8.77. The summed E-state index contributed by atoms with van der Waals surface area (Å²) in [5.74, 6) is 0. The zero-order valence-electron chi connectivity index (χ0n) is 10.8. The fourth-order valence-electron chi connectivity index (χ4n) is 1.73. The number of thioether (sulfide) groups is 1. The van der Waals surface area contributed by atoms with Crippen LogP contribution in [0.2, 0.25) is 0 Å². The molecule has 0 saturated heterocycles. The van der Waals surface area contributed by atoms with Crippen molar-refractivity contribution < 1.29 is 0 Å². The molecule has 1 unspecified atom stereocenters. The van der Waals surface area contributed by atoms with E-state index in [9.17, 15) is 0 Å². The molecule has 0 radical (unpaired) electrons. The summed E-state index contributed by atoms with van der Waals surface area (Å²) in [6.45, 7) is 2.15. The topological polar surface area (TPSA) is 37.8 Å². The third-order valence-electron chi connectivity index (χ3n) is 2.83. The first kappa shape index (κ1) is 13.5. The van der Waals surface area contributed by atoms with Gasteiger partial charge in [-0.2, -0.15) is 0 Å². The highest BCUT2D eigenvalue weighted by atomic mass is 32.2. The van der Waals surface area contributed by atoms with Gasteiger partial charge in [0.05, 0.1) is 6.04 Å². The van der Waals surface area contributed by atoms with Gasteiger partial charge < -0.3 is 5.32 Å². The molecule has 1 aromatic carbocycles. The highest BCUT2D eigenvalue weighted by Crippen LogP contribution is 2.29. The minimum atomic E-state index is 0.307. The molecule has 1 atom stereocenters. The van der Waals surface area contributed by atoms with E-state index < -0.39 is 0 Å². The van der Waals surface area contributed by atoms with Crippen molar-refractivity contribution in [1.29, 1.82) is 0 Å². The quantitative estimate of drug-likeness (QED) is 0.849. The van der Waals surface area contributed by atoms with E-state index in [1.54, 1.807) is 23.1 Å². The summed E-state index contributed by atoms with van der Waals surface area (Å²) in [5, 5.41) is 13.9. The molecule has 1 aromatic heterocycles. The molecule has 0 fully saturated rings. The number of hydrogen-bond donors (Lipinski definition) is 1. The van der Waals surface area contributed by atoms with Crippen molar-refractivity contribution >= 4 is 23.1 Å². The zero-order chi connectivity index (χ0) is 13.0. The maximum Gasteiger partial charge on any atom is 0.147 e. The molecule has 96 valence electrons. The largest absolute Gasteiger partial charge is 0.311 e. The Hall–Kier alpha value is -0.910. The van der Waals surface area contributed by atoms with Crippen LogP contribution in [0.15, 0.2) is 29.2 Å². The van der Waals surface area contributed by atoms with Crippen LogP contribution in [0.5, 0.6) is 0 Å². The van der Waals surface area contributed by atoms with Crippen molar-refractivity contribution in [2.45, 2.75) is 24.3 Å². The summed E-state index contributed by atoms with van der Waals surface area (Å²) < 4.78 is 0. The van der Waals surface area contributed by atoms with Gasteiger partial charge in [0, 0.05) is 10.5 Å². The minimum Gasteiger partial charge on any atom is -0.311 e. The van der Waals surface area contributed by atoms with Gasteiger partial charge >= 0.3 is 0 Å². The predicted molar refractivity (Wildman–Crippen MR) is 79.2 cm³/mol. The SMILES string of the molecule is CCC(NC)c1nnc(-c2ccc(SC)cc2)s1. The minimum absolute atomic E-state index is 0.307. The zero-order valence-corrected chi connectivity index (χ0v) is 12.4. The molecule has 0 aliphatic heterocycles. The molecule has 5 heteroatoms. The van der Waals surface area contributed by atoms with Gasteiger partial charge in [0.1, 0.15) is 10.0 Å². The van der Waals surface area contributed by atoms with Crippen LogP contribution in [0.25, 0.3) is 10.6 Å². The van der Waals surface area contributed by atoms with E-state index in [0.29, 0.717) is 6.04 Å². The van der Waals surface area contributed by atoms with Crippen LogP contribution in [0.1, 0.15) is 24.4 Å². The second-order valence-electron chi connectivity index (χ2n) is 3.92. The average molecular weight is 279 g/mol. The van der Waals surface area contributed by atoms with Crippen LogP contribution in [-0.2, 0) is 0 Å². The smallest absolute Gasteiger partial charge is 0.147 e. The van der Waals surface area contributed by atoms with Gasteiger partial charge in [-0.25, -0.2) is 0 Å². The van der Waals surface area contributed by atoms with Gasteiger partial charge in [0.2, 0.25) is 0 Å². The Labute approximate surface area is 116 Å². The van der Waals surface area contributed by atoms with Crippen LogP contribution < -0.4 is 5.32 Å². The van der Waals surface area contributed by atoms with Gasteiger partial charge in [0.25, 0.3) is 0 Å². The molecular formula is C13H17N3S2. The summed E-state index contributed by atoms with van der Waals surface area (Å²) in [7, 11) is 1.96. The van der Waals surface area contributed by atoms with Crippen LogP contribution in [0.4, 0.5) is 0 Å². The predicted octanol–water partition coefficient (Wildman–Crippen LogP) is 3.60. The first-order valence-corrected chi connectivity index (χ1v) is 7.97. The fourth-order valence-corrected chi connectivity index (χ4v) is 3.18. The number of nitrogens with one attached hydrogen (secondary N) is 1. The third-order valence-corrected chi connectivity index (χ3v) is 4.66. The van der Waals surface area contributed by atoms with E-state index in [1.807, 2.05) is 7.05 Å². The van der Waals surface area contributed by atoms with E-state index in [2.05, 4.69) is 53.0 Å². The van der Waals surface area contributed by atoms with E-state index in [-0.39, 0.29) is 0 Å². The standard InChI is InChI=1S/C13H17N3S2/c1-4-11(14-2)13-16-15-12(18-13)9-5-7-10(17-3)8-6-9/h5-8,11,14H,4H2,1-3H3. The van der Waals surface area contributed by atoms with Crippen LogP contribution in [-0.4, -0.2) is 23.5 Å². The molecule has 0 aliphatic rings. The van der Waals surface area contributed by atoms with Crippen LogP contribution >= 0.6 is 23.1 Å². The van der Waals surface area contributed by atoms with Crippen molar-refractivity contribution in [2.75, 3.05) is 13.3 Å². The molecule has 0 aliphatic carbocycles. The van der Waals surface area contributed by atoms with E-state index in [0.717, 1.165) is 22.0 Å². The summed E-state index contributed by atoms with van der Waals surface area (Å²) in [5.41, 5.74) is 1.14. The molecule has 0 amide bonds. The Kier molecular flexibility index (Phi) is 4.74. The van der Waals surface area contributed by atoms with Crippen molar-refractivity contribution in [3.63, 3.8) is 0 Å². The molecule has 2 aromatic rings. The molecule has 18 heavy (non-hydrogen) atoms. The van der Waals surface area contributed by atoms with E-state index in [4.69, 9.17) is 0 Å². The third kappa shape index (κ3) is 2.91. The lowest BCUT2D eigenvalue weighted by atomic mass is 10.2. The van der Waals surface area contributed by atoms with E-state index in [1.165, 1.54) is 4.90 Å². The number of hydrogen-bond acceptors (Lipinski definition) is 5. The number of benzene rings is 1. The second-order valence-corrected chi connectivity index (χ2v) is 5.81. The Morgan fingerprint density at radius 3 is 2.56 bits per heavy atom. The molecule has 0 saturated carbocycles. The Morgan fingerprint density at radius 2 is 2.00 bits per heavy atom. The molecule has 2 rings (SSSR count). The van der Waals surface area contributed by atoms with Gasteiger partial charge in [0.15, 0.2) is 0 Å². The van der Waals surface area contributed by atoms with Gasteiger partial charge in [-0.15, -0.1) is 22.0 Å². The lowest BCUT2D eigenvalue weighted by molar-refractivity contribution is 0.568. The number of nitrogens with zero attached hydrogens (tertiary/aromatic N) is 2. The second kappa shape index (κ2) is 6.31. The summed E-state index contributed by atoms with van der Waals surface area (Å²) >= 11 is 3.41. The Bertz CT molecular complexity index is 489. The van der Waals surface area contributed by atoms with E-state index >= 15 is 0 Å². The van der Waals surface area contributed by atoms with Gasteiger partial charge in [-0.3, -0.25) is 0 Å². The molecule has 3 nitrogen and oxygen atoms in total. The number of rotatable bonds is 5. The number of aromatic nitrogens is 2. The maximum absolute atomic E-state index is 4.28. The van der Waals surface area contributed by atoms with Crippen molar-refractivity contribution in [1.82, 2.24) is 15.5 Å². The van der Waals surface area contributed by atoms with Crippen LogP contribution in [0, 0.1) is 0 Å². The van der Waals surface area contributed by atoms with Crippen LogP contribution in [0.3, 0.4) is 0 Å². The molecule has 0 bridgehead atoms. The monoisotopic (exact) mass is 279 g/mol. The van der Waals surface area contributed by atoms with Crippen molar-refractivity contribution in [2.24, 2.45) is 0 Å². The summed E-state index contributed by atoms with van der Waals surface area (Å²) in [4.78, 5) is 1.27. The fraction of sp³-hybridized carbons (Fsp3) is 0.385. The molecule has 1 heterocycles. The normalized spacial score (nSPS) is 12.6. The van der Waals surface area contributed by atoms with Gasteiger partial charge in [-0.05, 0) is 31.9 Å². The summed E-state index contributed by atoms with van der Waals surface area (Å²) in [6.07, 6.45) is 3.10. The molecular weight excluding hydrogens is 262 g/mol. The Balaban J connectivity index is 2.23. The molecule has 1 N–H and O–H groups in total. The molecule has 0 spiro atoms. The average Bonchev–Trinajstić information content (AvgIpc) is 2.90. The van der Waals surface area contributed by atoms with Crippen molar-refractivity contribution in [3.8, 4) is 10.6 Å². The highest BCUT2D eigenvalue weighted by Gasteiger charge is 2.13. The maximum atomic E-state index is 4.28. The van der Waals surface area contributed by atoms with Gasteiger partial charge in [-0.1, -0.05) is 30.4 Å².